The molecule has 0 unspecified atom stereocenters. The monoisotopic (exact) mass is 683 g/mol. The molecule has 4 atom stereocenters. The zero-order valence-electron chi connectivity index (χ0n) is 25.7. The van der Waals surface area contributed by atoms with Gasteiger partial charge in [0.1, 0.15) is 24.7 Å². The average Bonchev–Trinajstić information content (AvgIpc) is 3.00. The molecule has 1 aromatic heterocycles. The lowest BCUT2D eigenvalue weighted by atomic mass is 10.0. The van der Waals surface area contributed by atoms with E-state index < -0.39 is 52.4 Å². The van der Waals surface area contributed by atoms with E-state index in [9.17, 15) is 24.3 Å². The number of pyridine rings is 1. The zero-order valence-corrected chi connectivity index (χ0v) is 28.0. The number of carbonyl (C=O) groups excluding carboxylic acids is 4. The molecule has 2 heterocycles. The van der Waals surface area contributed by atoms with E-state index in [1.165, 1.54) is 11.9 Å². The number of aliphatic hydroxyl groups is 1. The third-order valence-corrected chi connectivity index (χ3v) is 7.57. The van der Waals surface area contributed by atoms with Gasteiger partial charge in [-0.3, -0.25) is 29.2 Å². The van der Waals surface area contributed by atoms with E-state index in [0.717, 1.165) is 22.4 Å². The molecule has 1 aliphatic rings. The second-order valence-electron chi connectivity index (χ2n) is 11.4. The molecule has 3 amide bonds. The number of benzene rings is 1. The molecule has 45 heavy (non-hydrogen) atoms. The molecular formula is C31H40Cl3N5O6. The number of halogens is 3. The van der Waals surface area contributed by atoms with Crippen LogP contribution in [0, 0.1) is 5.92 Å². The van der Waals surface area contributed by atoms with E-state index in [1.807, 2.05) is 36.4 Å². The molecule has 1 saturated heterocycles. The van der Waals surface area contributed by atoms with Crippen molar-refractivity contribution in [1.29, 1.82) is 0 Å². The van der Waals surface area contributed by atoms with E-state index in [1.54, 1.807) is 27.0 Å². The van der Waals surface area contributed by atoms with Gasteiger partial charge in [-0.2, -0.15) is 0 Å². The fourth-order valence-corrected chi connectivity index (χ4v) is 4.87. The summed E-state index contributed by atoms with van der Waals surface area (Å²) in [6.07, 6.45) is 2.62. The Morgan fingerprint density at radius 3 is 2.47 bits per heavy atom. The topological polar surface area (TPSA) is 150 Å². The largest absolute Gasteiger partial charge is 0.460 e. The predicted octanol–water partition coefficient (Wildman–Crippen LogP) is 3.79. The van der Waals surface area contributed by atoms with Crippen LogP contribution in [0.3, 0.4) is 0 Å². The molecule has 3 rings (SSSR count). The van der Waals surface area contributed by atoms with E-state index in [2.05, 4.69) is 21.0 Å². The summed E-state index contributed by atoms with van der Waals surface area (Å²) in [4.78, 5) is 55.9. The number of ether oxygens (including phenoxy) is 1. The third-order valence-electron chi connectivity index (χ3n) is 7.24. The zero-order chi connectivity index (χ0) is 33.3. The van der Waals surface area contributed by atoms with Gasteiger partial charge in [0.2, 0.25) is 15.6 Å². The number of hydrazine groups is 1. The molecule has 1 fully saturated rings. The number of esters is 1. The number of nitrogens with zero attached hydrogens (tertiary/aromatic N) is 2. The van der Waals surface area contributed by atoms with Gasteiger partial charge < -0.3 is 20.5 Å². The maximum absolute atomic E-state index is 13.1. The molecule has 4 N–H and O–H groups in total. The van der Waals surface area contributed by atoms with Crippen molar-refractivity contribution in [3.05, 3.63) is 53.7 Å². The SMILES string of the molecule is CC(C)[C@H](NC(=O)CCc1ccc(-c2cccc([C@@H](C)O)c2)nc1)C(=O)N[C@@H](C)C(=O)N1CCC[C@@H](C(=O)OCC(Cl)(Cl)Cl)N1. The molecule has 0 bridgehead atoms. The van der Waals surface area contributed by atoms with E-state index in [0.29, 0.717) is 25.8 Å². The van der Waals surface area contributed by atoms with Crippen molar-refractivity contribution < 1.29 is 29.0 Å². The molecule has 0 spiro atoms. The van der Waals surface area contributed by atoms with Crippen molar-refractivity contribution >= 4 is 58.5 Å². The number of carbonyl (C=O) groups is 4. The van der Waals surface area contributed by atoms with Crippen LogP contribution in [-0.2, 0) is 30.3 Å². The fraction of sp³-hybridized carbons (Fsp3) is 0.516. The molecule has 11 nitrogen and oxygen atoms in total. The highest BCUT2D eigenvalue weighted by Gasteiger charge is 2.34. The average molecular weight is 685 g/mol. The summed E-state index contributed by atoms with van der Waals surface area (Å²) in [5, 5.41) is 16.6. The van der Waals surface area contributed by atoms with Crippen LogP contribution in [0.25, 0.3) is 11.3 Å². The number of amides is 3. The lowest BCUT2D eigenvalue weighted by Gasteiger charge is -2.34. The molecule has 246 valence electrons. The summed E-state index contributed by atoms with van der Waals surface area (Å²) in [7, 11) is 0. The first-order valence-electron chi connectivity index (χ1n) is 14.8. The van der Waals surface area contributed by atoms with Crippen molar-refractivity contribution in [3.8, 4) is 11.3 Å². The lowest BCUT2D eigenvalue weighted by Crippen LogP contribution is -2.61. The van der Waals surface area contributed by atoms with E-state index in [-0.39, 0.29) is 18.2 Å². The van der Waals surface area contributed by atoms with Gasteiger partial charge in [0, 0.05) is 24.7 Å². The van der Waals surface area contributed by atoms with Crippen LogP contribution in [0.4, 0.5) is 0 Å². The molecule has 0 radical (unpaired) electrons. The summed E-state index contributed by atoms with van der Waals surface area (Å²) in [5.74, 6) is -2.18. The molecule has 0 aliphatic carbocycles. The summed E-state index contributed by atoms with van der Waals surface area (Å²) in [6.45, 7) is 6.72. The summed E-state index contributed by atoms with van der Waals surface area (Å²) >= 11 is 16.9. The minimum absolute atomic E-state index is 0.136. The first-order chi connectivity index (χ1) is 21.1. The van der Waals surface area contributed by atoms with Gasteiger partial charge in [-0.05, 0) is 62.3 Å². The van der Waals surface area contributed by atoms with Crippen LogP contribution in [0.5, 0.6) is 0 Å². The van der Waals surface area contributed by atoms with Crippen LogP contribution in [0.1, 0.15) is 64.2 Å². The molecule has 2 aromatic rings. The fourth-order valence-electron chi connectivity index (χ4n) is 4.71. The van der Waals surface area contributed by atoms with Gasteiger partial charge >= 0.3 is 5.97 Å². The number of hydrogen-bond acceptors (Lipinski definition) is 8. The Bertz CT molecular complexity index is 1340. The number of aliphatic hydroxyl groups excluding tert-OH is 1. The number of rotatable bonds is 12. The number of alkyl halides is 3. The number of nitrogens with one attached hydrogen (secondary N) is 3. The number of aromatic nitrogens is 1. The van der Waals surface area contributed by atoms with Crippen molar-refractivity contribution in [3.63, 3.8) is 0 Å². The maximum atomic E-state index is 13.1. The van der Waals surface area contributed by atoms with Gasteiger partial charge in [-0.1, -0.05) is 72.9 Å². The Labute approximate surface area is 278 Å². The van der Waals surface area contributed by atoms with Crippen molar-refractivity contribution in [1.82, 2.24) is 26.1 Å². The summed E-state index contributed by atoms with van der Waals surface area (Å²) < 4.78 is 3.27. The number of hydrogen-bond donors (Lipinski definition) is 4. The van der Waals surface area contributed by atoms with Crippen molar-refractivity contribution in [2.75, 3.05) is 13.2 Å². The van der Waals surface area contributed by atoms with Gasteiger partial charge in [0.15, 0.2) is 0 Å². The smallest absolute Gasteiger partial charge is 0.325 e. The van der Waals surface area contributed by atoms with Crippen molar-refractivity contribution in [2.24, 2.45) is 5.92 Å². The molecular weight excluding hydrogens is 645 g/mol. The molecule has 0 saturated carbocycles. The Kier molecular flexibility index (Phi) is 13.4. The van der Waals surface area contributed by atoms with Crippen LogP contribution in [0.15, 0.2) is 42.6 Å². The first-order valence-corrected chi connectivity index (χ1v) is 15.9. The van der Waals surface area contributed by atoms with Crippen LogP contribution < -0.4 is 16.1 Å². The Morgan fingerprint density at radius 2 is 1.84 bits per heavy atom. The maximum Gasteiger partial charge on any atom is 0.325 e. The number of aryl methyl sites for hydroxylation is 1. The minimum atomic E-state index is -1.75. The lowest BCUT2D eigenvalue weighted by molar-refractivity contribution is -0.152. The van der Waals surface area contributed by atoms with Crippen LogP contribution >= 0.6 is 34.8 Å². The molecule has 1 aliphatic heterocycles. The van der Waals surface area contributed by atoms with Crippen LogP contribution in [0.2, 0.25) is 0 Å². The van der Waals surface area contributed by atoms with Crippen LogP contribution in [-0.4, -0.2) is 73.9 Å². The highest BCUT2D eigenvalue weighted by molar-refractivity contribution is 6.67. The first kappa shape index (κ1) is 36.5. The Balaban J connectivity index is 1.50. The third kappa shape index (κ3) is 11.4. The second kappa shape index (κ2) is 16.6. The van der Waals surface area contributed by atoms with E-state index >= 15 is 0 Å². The van der Waals surface area contributed by atoms with Gasteiger partial charge in [-0.25, -0.2) is 5.43 Å². The van der Waals surface area contributed by atoms with Gasteiger partial charge in [-0.15, -0.1) is 0 Å². The minimum Gasteiger partial charge on any atom is -0.460 e. The van der Waals surface area contributed by atoms with E-state index in [4.69, 9.17) is 39.5 Å². The standard InChI is InChI=1S/C31H40Cl3N5O6/c1-18(2)27(28(42)36-19(3)29(43)39-14-6-9-25(38-39)30(44)45-17-31(32,33)34)37-26(41)13-11-21-10-12-24(35-16-21)23-8-5-7-22(15-23)20(4)40/h5,7-8,10,12,15-16,18-20,25,27,38,40H,6,9,11,13-14,17H2,1-4H3,(H,36,42)(H,37,41)/t19-,20+,25-,27-/m0/s1. The molecule has 14 heteroatoms. The second-order valence-corrected chi connectivity index (χ2v) is 13.9. The highest BCUT2D eigenvalue weighted by atomic mass is 35.6. The quantitative estimate of drug-likeness (QED) is 0.195. The summed E-state index contributed by atoms with van der Waals surface area (Å²) in [5.41, 5.74) is 6.11. The van der Waals surface area contributed by atoms with Gasteiger partial charge in [0.25, 0.3) is 5.91 Å². The molecule has 1 aromatic carbocycles. The predicted molar refractivity (Wildman–Crippen MR) is 172 cm³/mol. The Hall–Kier alpha value is -2.96. The summed E-state index contributed by atoms with van der Waals surface area (Å²) in [6, 6.07) is 8.66. The highest BCUT2D eigenvalue weighted by Crippen LogP contribution is 2.26. The normalized spacial score (nSPS) is 17.3. The Morgan fingerprint density at radius 1 is 1.11 bits per heavy atom. The van der Waals surface area contributed by atoms with Gasteiger partial charge in [0.05, 0.1) is 11.8 Å². The van der Waals surface area contributed by atoms with Crippen molar-refractivity contribution in [2.45, 2.75) is 81.4 Å².